The van der Waals surface area contributed by atoms with Gasteiger partial charge in [0.2, 0.25) is 0 Å². The van der Waals surface area contributed by atoms with Gasteiger partial charge in [-0.15, -0.1) is 0 Å². The van der Waals surface area contributed by atoms with Gasteiger partial charge in [0.25, 0.3) is 0 Å². The summed E-state index contributed by atoms with van der Waals surface area (Å²) in [5, 5.41) is 1.75. The Hall–Kier alpha value is -2.07. The average molecular weight is 259 g/mol. The van der Waals surface area contributed by atoms with Gasteiger partial charge in [-0.3, -0.25) is 4.79 Å². The molecule has 0 aliphatic carbocycles. The van der Waals surface area contributed by atoms with Crippen LogP contribution >= 0.6 is 0 Å². The summed E-state index contributed by atoms with van der Waals surface area (Å²) in [5.74, 6) is 1.01. The molecule has 0 spiro atoms. The first kappa shape index (κ1) is 13.4. The third kappa shape index (κ3) is 2.27. The zero-order chi connectivity index (χ0) is 14.0. The molecule has 0 fully saturated rings. The number of Topliss-reactive ketones (excluding diaryl/α,β-unsaturated/α-hetero) is 1. The Balaban J connectivity index is 2.81. The summed E-state index contributed by atoms with van der Waals surface area (Å²) in [6, 6.07) is 8.74. The van der Waals surface area contributed by atoms with Crippen molar-refractivity contribution in [2.75, 3.05) is 14.2 Å². The third-order valence-corrected chi connectivity index (χ3v) is 3.06. The number of benzene rings is 2. The largest absolute Gasteiger partial charge is 0.496 e. The summed E-state index contributed by atoms with van der Waals surface area (Å²) >= 11 is 0. The maximum atomic E-state index is 12.2. The minimum absolute atomic E-state index is 0.166. The highest BCUT2D eigenvalue weighted by Crippen LogP contribution is 2.36. The summed E-state index contributed by atoms with van der Waals surface area (Å²) < 4.78 is 10.7. The predicted molar refractivity (Wildman–Crippen MR) is 75.0 cm³/mol. The highest BCUT2D eigenvalue weighted by atomic mass is 16.5. The highest BCUT2D eigenvalue weighted by Gasteiger charge is 2.20. The Bertz CT molecular complexity index is 620. The number of carbonyl (C=O) groups excluding carboxylic acids is 1. The fourth-order valence-corrected chi connectivity index (χ4v) is 2.13. The summed E-state index contributed by atoms with van der Waals surface area (Å²) in [6.07, 6.45) is 0. The second-order valence-electron chi connectivity index (χ2n) is 4.36. The van der Waals surface area contributed by atoms with Crippen molar-refractivity contribution in [3.05, 3.63) is 35.9 Å². The first-order valence-corrected chi connectivity index (χ1v) is 6.03. The van der Waals surface area contributed by atoms with Gasteiger partial charge < -0.3 is 15.2 Å². The molecule has 0 saturated heterocycles. The van der Waals surface area contributed by atoms with Crippen molar-refractivity contribution in [1.82, 2.24) is 0 Å². The lowest BCUT2D eigenvalue weighted by molar-refractivity contribution is 0.0965. The van der Waals surface area contributed by atoms with E-state index in [1.165, 1.54) is 0 Å². The number of carbonyl (C=O) groups is 1. The number of ketones is 1. The SMILES string of the molecule is COc1cc(C(=O)C(C)N)c(OC)c2ccccc12. The van der Waals surface area contributed by atoms with E-state index in [1.807, 2.05) is 24.3 Å². The molecule has 2 rings (SSSR count). The highest BCUT2D eigenvalue weighted by molar-refractivity contribution is 6.08. The summed E-state index contributed by atoms with van der Waals surface area (Å²) in [5.41, 5.74) is 6.13. The summed E-state index contributed by atoms with van der Waals surface area (Å²) in [7, 11) is 3.13. The summed E-state index contributed by atoms with van der Waals surface area (Å²) in [4.78, 5) is 12.2. The number of hydrogen-bond acceptors (Lipinski definition) is 4. The van der Waals surface area contributed by atoms with E-state index in [0.29, 0.717) is 17.1 Å². The van der Waals surface area contributed by atoms with Gasteiger partial charge in [0.1, 0.15) is 11.5 Å². The Morgan fingerprint density at radius 3 is 2.32 bits per heavy atom. The first-order valence-electron chi connectivity index (χ1n) is 6.03. The summed E-state index contributed by atoms with van der Waals surface area (Å²) in [6.45, 7) is 1.66. The molecule has 1 atom stereocenters. The molecule has 100 valence electrons. The van der Waals surface area contributed by atoms with Gasteiger partial charge in [-0.05, 0) is 13.0 Å². The van der Waals surface area contributed by atoms with E-state index in [9.17, 15) is 4.79 Å². The lowest BCUT2D eigenvalue weighted by Crippen LogP contribution is -2.27. The predicted octanol–water partition coefficient (Wildman–Crippen LogP) is 2.39. The van der Waals surface area contributed by atoms with E-state index in [-0.39, 0.29) is 5.78 Å². The van der Waals surface area contributed by atoms with Crippen molar-refractivity contribution in [2.45, 2.75) is 13.0 Å². The van der Waals surface area contributed by atoms with E-state index in [1.54, 1.807) is 27.2 Å². The van der Waals surface area contributed by atoms with Crippen LogP contribution in [0.3, 0.4) is 0 Å². The molecule has 0 radical (unpaired) electrons. The molecule has 4 heteroatoms. The Morgan fingerprint density at radius 1 is 1.16 bits per heavy atom. The Morgan fingerprint density at radius 2 is 1.79 bits per heavy atom. The van der Waals surface area contributed by atoms with Gasteiger partial charge in [0, 0.05) is 10.8 Å². The molecule has 0 heterocycles. The van der Waals surface area contributed by atoms with E-state index in [4.69, 9.17) is 15.2 Å². The van der Waals surface area contributed by atoms with E-state index >= 15 is 0 Å². The van der Waals surface area contributed by atoms with Crippen molar-refractivity contribution in [3.8, 4) is 11.5 Å². The monoisotopic (exact) mass is 259 g/mol. The van der Waals surface area contributed by atoms with Crippen molar-refractivity contribution < 1.29 is 14.3 Å². The topological polar surface area (TPSA) is 61.5 Å². The second-order valence-corrected chi connectivity index (χ2v) is 4.36. The van der Waals surface area contributed by atoms with Gasteiger partial charge in [0.15, 0.2) is 5.78 Å². The standard InChI is InChI=1S/C15H17NO3/c1-9(16)14(17)12-8-13(18-2)10-6-4-5-7-11(10)15(12)19-3/h4-9H,16H2,1-3H3. The number of rotatable bonds is 4. The molecule has 0 bridgehead atoms. The molecule has 2 aromatic carbocycles. The van der Waals surface area contributed by atoms with Crippen molar-refractivity contribution in [1.29, 1.82) is 0 Å². The van der Waals surface area contributed by atoms with Crippen LogP contribution in [0.15, 0.2) is 30.3 Å². The molecule has 19 heavy (non-hydrogen) atoms. The van der Waals surface area contributed by atoms with Crippen molar-refractivity contribution in [3.63, 3.8) is 0 Å². The number of ether oxygens (including phenoxy) is 2. The molecule has 2 aromatic rings. The van der Waals surface area contributed by atoms with Crippen LogP contribution in [0.1, 0.15) is 17.3 Å². The quantitative estimate of drug-likeness (QED) is 0.856. The third-order valence-electron chi connectivity index (χ3n) is 3.06. The molecule has 2 N–H and O–H groups in total. The molecule has 0 aliphatic rings. The van der Waals surface area contributed by atoms with Gasteiger partial charge in [-0.25, -0.2) is 0 Å². The molecule has 0 aromatic heterocycles. The van der Waals surface area contributed by atoms with Crippen LogP contribution in [0.5, 0.6) is 11.5 Å². The van der Waals surface area contributed by atoms with Gasteiger partial charge >= 0.3 is 0 Å². The molecular weight excluding hydrogens is 242 g/mol. The molecule has 0 amide bonds. The number of nitrogens with two attached hydrogens (primary N) is 1. The minimum Gasteiger partial charge on any atom is -0.496 e. The average Bonchev–Trinajstić information content (AvgIpc) is 2.44. The number of hydrogen-bond donors (Lipinski definition) is 1. The fourth-order valence-electron chi connectivity index (χ4n) is 2.13. The molecule has 1 unspecified atom stereocenters. The molecular formula is C15H17NO3. The van der Waals surface area contributed by atoms with E-state index in [2.05, 4.69) is 0 Å². The van der Waals surface area contributed by atoms with Gasteiger partial charge in [0.05, 0.1) is 25.8 Å². The first-order chi connectivity index (χ1) is 9.10. The minimum atomic E-state index is -0.584. The number of fused-ring (bicyclic) bond motifs is 1. The van der Waals surface area contributed by atoms with Crippen LogP contribution in [0.25, 0.3) is 10.8 Å². The Kier molecular flexibility index (Phi) is 3.71. The Labute approximate surface area is 112 Å². The van der Waals surface area contributed by atoms with E-state index < -0.39 is 6.04 Å². The zero-order valence-electron chi connectivity index (χ0n) is 11.3. The maximum absolute atomic E-state index is 12.2. The zero-order valence-corrected chi connectivity index (χ0v) is 11.3. The van der Waals surface area contributed by atoms with Crippen LogP contribution in [-0.2, 0) is 0 Å². The molecule has 4 nitrogen and oxygen atoms in total. The fraction of sp³-hybridized carbons (Fsp3) is 0.267. The lowest BCUT2D eigenvalue weighted by Gasteiger charge is -2.15. The maximum Gasteiger partial charge on any atom is 0.183 e. The van der Waals surface area contributed by atoms with Crippen molar-refractivity contribution >= 4 is 16.6 Å². The van der Waals surface area contributed by atoms with Crippen LogP contribution in [0, 0.1) is 0 Å². The smallest absolute Gasteiger partial charge is 0.183 e. The lowest BCUT2D eigenvalue weighted by atomic mass is 9.99. The van der Waals surface area contributed by atoms with E-state index in [0.717, 1.165) is 10.8 Å². The van der Waals surface area contributed by atoms with Crippen molar-refractivity contribution in [2.24, 2.45) is 5.73 Å². The van der Waals surface area contributed by atoms with Gasteiger partial charge in [-0.2, -0.15) is 0 Å². The number of methoxy groups -OCH3 is 2. The second kappa shape index (κ2) is 5.28. The molecule has 0 aliphatic heterocycles. The van der Waals surface area contributed by atoms with Crippen LogP contribution in [0.2, 0.25) is 0 Å². The molecule has 0 saturated carbocycles. The van der Waals surface area contributed by atoms with Gasteiger partial charge in [-0.1, -0.05) is 24.3 Å². The van der Waals surface area contributed by atoms with Crippen LogP contribution < -0.4 is 15.2 Å². The normalized spacial score (nSPS) is 12.2. The van der Waals surface area contributed by atoms with Crippen LogP contribution in [-0.4, -0.2) is 26.0 Å². The van der Waals surface area contributed by atoms with Crippen LogP contribution in [0.4, 0.5) is 0 Å².